The van der Waals surface area contributed by atoms with Gasteiger partial charge in [0, 0.05) is 22.1 Å². The van der Waals surface area contributed by atoms with Crippen LogP contribution in [-0.2, 0) is 0 Å². The van der Waals surface area contributed by atoms with Gasteiger partial charge in [-0.15, -0.1) is 0 Å². The van der Waals surface area contributed by atoms with Gasteiger partial charge in [-0.05, 0) is 54.9 Å². The quantitative estimate of drug-likeness (QED) is 0.193. The molecule has 0 bridgehead atoms. The highest BCUT2D eigenvalue weighted by Gasteiger charge is 2.17. The first-order valence-electron chi connectivity index (χ1n) is 15.5. The fourth-order valence-electron chi connectivity index (χ4n) is 6.58. The minimum Gasteiger partial charge on any atom is -0.208 e. The second kappa shape index (κ2) is 10.8. The predicted octanol–water partition coefficient (Wildman–Crippen LogP) is 11.2. The molecule has 8 aromatic carbocycles. The molecule has 0 N–H and O–H groups in total. The van der Waals surface area contributed by atoms with E-state index < -0.39 is 0 Å². The van der Waals surface area contributed by atoms with Gasteiger partial charge in [0.15, 0.2) is 17.5 Å². The van der Waals surface area contributed by atoms with E-state index in [-0.39, 0.29) is 0 Å². The van der Waals surface area contributed by atoms with E-state index in [4.69, 9.17) is 15.0 Å². The molecule has 0 radical (unpaired) electrons. The summed E-state index contributed by atoms with van der Waals surface area (Å²) in [6.07, 6.45) is 0. The van der Waals surface area contributed by atoms with Gasteiger partial charge in [0.1, 0.15) is 0 Å². The Morgan fingerprint density at radius 1 is 0.283 bits per heavy atom. The van der Waals surface area contributed by atoms with E-state index in [2.05, 4.69) is 146 Å². The maximum Gasteiger partial charge on any atom is 0.164 e. The molecule has 3 heteroatoms. The van der Waals surface area contributed by atoms with Crippen molar-refractivity contribution < 1.29 is 0 Å². The third kappa shape index (κ3) is 4.49. The van der Waals surface area contributed by atoms with Gasteiger partial charge in [0.25, 0.3) is 0 Å². The van der Waals surface area contributed by atoms with Crippen molar-refractivity contribution in [1.82, 2.24) is 15.0 Å². The number of hydrogen-bond acceptors (Lipinski definition) is 3. The first kappa shape index (κ1) is 26.2. The number of rotatable bonds is 4. The van der Waals surface area contributed by atoms with Crippen molar-refractivity contribution in [3.05, 3.63) is 164 Å². The van der Waals surface area contributed by atoms with Crippen molar-refractivity contribution in [3.63, 3.8) is 0 Å². The van der Waals surface area contributed by atoms with Crippen molar-refractivity contribution in [3.8, 4) is 45.3 Å². The Hall–Kier alpha value is -6.19. The van der Waals surface area contributed by atoms with Crippen molar-refractivity contribution in [2.75, 3.05) is 0 Å². The van der Waals surface area contributed by atoms with Crippen LogP contribution >= 0.6 is 0 Å². The van der Waals surface area contributed by atoms with Gasteiger partial charge in [-0.3, -0.25) is 0 Å². The van der Waals surface area contributed by atoms with Crippen LogP contribution in [0.1, 0.15) is 0 Å². The van der Waals surface area contributed by atoms with E-state index in [1.165, 1.54) is 37.9 Å². The lowest BCUT2D eigenvalue weighted by molar-refractivity contribution is 1.08. The predicted molar refractivity (Wildman–Crippen MR) is 192 cm³/mol. The molecule has 9 aromatic rings. The molecule has 0 aliphatic rings. The summed E-state index contributed by atoms with van der Waals surface area (Å²) in [6, 6.07) is 57.6. The summed E-state index contributed by atoms with van der Waals surface area (Å²) in [5.74, 6) is 1.96. The molecule has 0 amide bonds. The van der Waals surface area contributed by atoms with Crippen LogP contribution in [0.2, 0.25) is 0 Å². The fraction of sp³-hybridized carbons (Fsp3) is 0. The second-order valence-corrected chi connectivity index (χ2v) is 11.7. The number of nitrogens with zero attached hydrogens (tertiary/aromatic N) is 3. The Morgan fingerprint density at radius 2 is 0.804 bits per heavy atom. The molecule has 3 nitrogen and oxygen atoms in total. The van der Waals surface area contributed by atoms with Crippen molar-refractivity contribution in [2.24, 2.45) is 0 Å². The topological polar surface area (TPSA) is 38.7 Å². The van der Waals surface area contributed by atoms with E-state index in [1.807, 2.05) is 18.2 Å². The van der Waals surface area contributed by atoms with Gasteiger partial charge in [-0.1, -0.05) is 158 Å². The first-order chi connectivity index (χ1) is 22.8. The van der Waals surface area contributed by atoms with Crippen LogP contribution in [-0.4, -0.2) is 15.0 Å². The highest BCUT2D eigenvalue weighted by atomic mass is 15.0. The molecule has 214 valence electrons. The van der Waals surface area contributed by atoms with Crippen LogP contribution in [0.5, 0.6) is 0 Å². The summed E-state index contributed by atoms with van der Waals surface area (Å²) < 4.78 is 0. The van der Waals surface area contributed by atoms with Crippen molar-refractivity contribution in [1.29, 1.82) is 0 Å². The molecule has 0 saturated carbocycles. The van der Waals surface area contributed by atoms with E-state index >= 15 is 0 Å². The Bertz CT molecular complexity index is 2570. The molecule has 46 heavy (non-hydrogen) atoms. The maximum absolute atomic E-state index is 5.16. The summed E-state index contributed by atoms with van der Waals surface area (Å²) in [4.78, 5) is 15.3. The SMILES string of the molecule is c1ccc(-c2nc(-c3ccc(-c4ccc5ccccc5c4)cc3)nc(-c3cccc4ccc5ccc6ccccc6c5c34)n2)cc1. The number of fused-ring (bicyclic) bond motifs is 6. The molecule has 0 fully saturated rings. The Balaban J connectivity index is 1.24. The zero-order chi connectivity index (χ0) is 30.5. The Kier molecular flexibility index (Phi) is 6.14. The lowest BCUT2D eigenvalue weighted by Gasteiger charge is -2.13. The molecule has 0 aliphatic carbocycles. The van der Waals surface area contributed by atoms with Crippen LogP contribution < -0.4 is 0 Å². The molecule has 0 spiro atoms. The van der Waals surface area contributed by atoms with E-state index in [0.29, 0.717) is 17.5 Å². The molecule has 0 atom stereocenters. The molecular formula is C43H27N3. The average molecular weight is 586 g/mol. The van der Waals surface area contributed by atoms with Gasteiger partial charge in [0.2, 0.25) is 0 Å². The van der Waals surface area contributed by atoms with Crippen LogP contribution in [0.3, 0.4) is 0 Å². The average Bonchev–Trinajstić information content (AvgIpc) is 3.14. The van der Waals surface area contributed by atoms with Gasteiger partial charge in [-0.2, -0.15) is 0 Å². The molecule has 9 rings (SSSR count). The van der Waals surface area contributed by atoms with E-state index in [0.717, 1.165) is 33.0 Å². The minimum absolute atomic E-state index is 0.649. The zero-order valence-corrected chi connectivity index (χ0v) is 24.9. The molecule has 1 heterocycles. The molecule has 0 unspecified atom stereocenters. The summed E-state index contributed by atoms with van der Waals surface area (Å²) in [7, 11) is 0. The van der Waals surface area contributed by atoms with Crippen LogP contribution in [0, 0.1) is 0 Å². The summed E-state index contributed by atoms with van der Waals surface area (Å²) in [5, 5.41) is 9.63. The molecular weight excluding hydrogens is 558 g/mol. The molecule has 0 saturated heterocycles. The van der Waals surface area contributed by atoms with Gasteiger partial charge in [-0.25, -0.2) is 15.0 Å². The molecule has 1 aromatic heterocycles. The standard InChI is InChI=1S/C43H27N3/c1-2-11-33(12-3-1)41-44-42(34-24-17-29(18-25-34)36-26-19-28-9-4-5-13-35(28)27-36)46-43(45-41)38-16-8-14-31-22-23-32-21-20-30-10-6-7-15-37(30)39(32)40(31)38/h1-27H. The van der Waals surface area contributed by atoms with Crippen molar-refractivity contribution in [2.45, 2.75) is 0 Å². The summed E-state index contributed by atoms with van der Waals surface area (Å²) >= 11 is 0. The smallest absolute Gasteiger partial charge is 0.164 e. The number of aromatic nitrogens is 3. The lowest BCUT2D eigenvalue weighted by Crippen LogP contribution is -2.00. The monoisotopic (exact) mass is 585 g/mol. The third-order valence-electron chi connectivity index (χ3n) is 8.88. The normalized spacial score (nSPS) is 11.5. The summed E-state index contributed by atoms with van der Waals surface area (Å²) in [6.45, 7) is 0. The Labute approximate surface area is 266 Å². The fourth-order valence-corrected chi connectivity index (χ4v) is 6.58. The van der Waals surface area contributed by atoms with Crippen LogP contribution in [0.15, 0.2) is 164 Å². The summed E-state index contributed by atoms with van der Waals surface area (Å²) in [5.41, 5.74) is 5.23. The number of benzene rings is 8. The van der Waals surface area contributed by atoms with Crippen LogP contribution in [0.25, 0.3) is 88.4 Å². The van der Waals surface area contributed by atoms with E-state index in [9.17, 15) is 0 Å². The van der Waals surface area contributed by atoms with Gasteiger partial charge < -0.3 is 0 Å². The number of hydrogen-bond donors (Lipinski definition) is 0. The van der Waals surface area contributed by atoms with Gasteiger partial charge >= 0.3 is 0 Å². The van der Waals surface area contributed by atoms with E-state index in [1.54, 1.807) is 0 Å². The highest BCUT2D eigenvalue weighted by Crippen LogP contribution is 2.38. The van der Waals surface area contributed by atoms with Crippen molar-refractivity contribution >= 4 is 43.1 Å². The van der Waals surface area contributed by atoms with Gasteiger partial charge in [0.05, 0.1) is 0 Å². The Morgan fingerprint density at radius 3 is 1.59 bits per heavy atom. The first-order valence-corrected chi connectivity index (χ1v) is 15.5. The third-order valence-corrected chi connectivity index (χ3v) is 8.88. The van der Waals surface area contributed by atoms with Crippen LogP contribution in [0.4, 0.5) is 0 Å². The minimum atomic E-state index is 0.649. The lowest BCUT2D eigenvalue weighted by atomic mass is 9.93. The maximum atomic E-state index is 5.16. The highest BCUT2D eigenvalue weighted by molar-refractivity contribution is 6.23. The largest absolute Gasteiger partial charge is 0.208 e. The zero-order valence-electron chi connectivity index (χ0n) is 24.9. The molecule has 0 aliphatic heterocycles. The second-order valence-electron chi connectivity index (χ2n) is 11.7.